The summed E-state index contributed by atoms with van der Waals surface area (Å²) in [5, 5.41) is 61.6. The topological polar surface area (TPSA) is 596 Å². The highest BCUT2D eigenvalue weighted by atomic mass is 32.3. The van der Waals surface area contributed by atoms with Crippen LogP contribution in [0.1, 0.15) is 0 Å². The number of non-ortho nitro benzene ring substituents is 1. The van der Waals surface area contributed by atoms with Crippen LogP contribution in [-0.2, 0) is 74.9 Å². The van der Waals surface area contributed by atoms with E-state index >= 15 is 0 Å². The summed E-state index contributed by atoms with van der Waals surface area (Å²) in [6, 6.07) is 19.5. The number of nitrogens with zero attached hydrogens (tertiary/aromatic N) is 9. The van der Waals surface area contributed by atoms with Gasteiger partial charge in [0.15, 0.2) is 21.3 Å². The number of nitrogen functional groups attached to an aromatic ring is 2. The van der Waals surface area contributed by atoms with Crippen LogP contribution in [0, 0.1) is 10.1 Å². The first kappa shape index (κ1) is 65.5. The summed E-state index contributed by atoms with van der Waals surface area (Å²) in [4.78, 5) is 4.95. The first-order valence-corrected chi connectivity index (χ1v) is 33.7. The number of hydrogen-bond donors (Lipinski definition) is 10. The van der Waals surface area contributed by atoms with E-state index in [9.17, 15) is 97.5 Å². The third-order valence-electron chi connectivity index (χ3n) is 11.9. The van der Waals surface area contributed by atoms with Gasteiger partial charge in [0.1, 0.15) is 42.3 Å². The SMILES string of the molecule is Nc1c(/N=N/c2ccc(S(=O)(=O)Nc3ccc(/N=N/c4c(S(=O)(=O)O)cc5c(S(=O)(=O)O)cc(/N=N/c6ccc(S(=O)(=O)CCOS(=O)(=O)O)cc6)c(N)c5c4O)cc3)cc2)c(S(=O)(=O)O)cc2cc(S(=O)(=O)O)c(/N=N/c3ccc([N+](=O)[O-])cc3)c(O)c12. The minimum Gasteiger partial charge on any atom is -0.505 e. The van der Waals surface area contributed by atoms with E-state index in [1.165, 1.54) is 0 Å². The molecule has 0 saturated carbocycles. The fourth-order valence-electron chi connectivity index (χ4n) is 7.87. The number of benzene rings is 8. The molecule has 0 aliphatic rings. The van der Waals surface area contributed by atoms with E-state index in [-0.39, 0.29) is 39.0 Å². The highest BCUT2D eigenvalue weighted by Crippen LogP contribution is 2.50. The Morgan fingerprint density at radius 2 is 0.876 bits per heavy atom. The maximum absolute atomic E-state index is 13.5. The maximum Gasteiger partial charge on any atom is 0.397 e. The number of nitrogens with two attached hydrogens (primary N) is 2. The Hall–Kier alpha value is -9.51. The van der Waals surface area contributed by atoms with Crippen molar-refractivity contribution < 1.29 is 101 Å². The van der Waals surface area contributed by atoms with Crippen LogP contribution in [0.4, 0.5) is 68.2 Å². The molecule has 36 nitrogen and oxygen atoms in total. The van der Waals surface area contributed by atoms with Gasteiger partial charge in [-0.05, 0) is 115 Å². The van der Waals surface area contributed by atoms with Gasteiger partial charge in [0.25, 0.3) is 56.2 Å². The van der Waals surface area contributed by atoms with Crippen LogP contribution in [0.2, 0.25) is 0 Å². The lowest BCUT2D eigenvalue weighted by Crippen LogP contribution is -2.15. The minimum absolute atomic E-state index is 0.0999. The summed E-state index contributed by atoms with van der Waals surface area (Å²) in [6.07, 6.45) is 0. The number of phenolic OH excluding ortho intramolecular Hbond substituents is 2. The number of sulfonamides is 1. The number of sulfone groups is 1. The van der Waals surface area contributed by atoms with Gasteiger partial charge < -0.3 is 21.7 Å². The van der Waals surface area contributed by atoms with E-state index in [1.54, 1.807) is 0 Å². The van der Waals surface area contributed by atoms with Crippen molar-refractivity contribution in [3.05, 3.63) is 131 Å². The molecule has 0 radical (unpaired) electrons. The number of nitro benzene ring substituents is 1. The predicted octanol–water partition coefficient (Wildman–Crippen LogP) is 8.52. The Bertz CT molecular complexity index is 5240. The number of anilines is 3. The number of hydrogen-bond acceptors (Lipinski definition) is 29. The van der Waals surface area contributed by atoms with Gasteiger partial charge in [-0.3, -0.25) is 37.6 Å². The quantitative estimate of drug-likeness (QED) is 0.0106. The lowest BCUT2D eigenvalue weighted by atomic mass is 10.0. The zero-order valence-electron chi connectivity index (χ0n) is 43.6. The molecule has 0 bridgehead atoms. The summed E-state index contributed by atoms with van der Waals surface area (Å²) in [5.41, 5.74) is 6.63. The van der Waals surface area contributed by atoms with Crippen LogP contribution < -0.4 is 16.2 Å². The lowest BCUT2D eigenvalue weighted by molar-refractivity contribution is -0.384. The second kappa shape index (κ2) is 24.2. The Kier molecular flexibility index (Phi) is 17.8. The van der Waals surface area contributed by atoms with Crippen molar-refractivity contribution in [2.75, 3.05) is 28.5 Å². The van der Waals surface area contributed by atoms with Crippen molar-refractivity contribution in [2.45, 2.75) is 29.4 Å². The van der Waals surface area contributed by atoms with Crippen molar-refractivity contribution in [3.8, 4) is 11.5 Å². The third kappa shape index (κ3) is 14.9. The molecule has 8 aromatic carbocycles. The number of aromatic hydroxyl groups is 2. The molecule has 8 aromatic rings. The molecule has 0 fully saturated rings. The zero-order chi connectivity index (χ0) is 65.6. The fourth-order valence-corrected chi connectivity index (χ4v) is 13.1. The first-order chi connectivity index (χ1) is 41.2. The molecule has 89 heavy (non-hydrogen) atoms. The molecule has 0 spiro atoms. The molecule has 466 valence electrons. The normalized spacial score (nSPS) is 13.2. The van der Waals surface area contributed by atoms with Crippen LogP contribution in [-0.4, -0.2) is 109 Å². The van der Waals surface area contributed by atoms with Gasteiger partial charge in [-0.1, -0.05) is 0 Å². The van der Waals surface area contributed by atoms with Gasteiger partial charge in [0, 0.05) is 23.2 Å². The molecular weight excluding hydrogens is 1330 g/mol. The highest BCUT2D eigenvalue weighted by Gasteiger charge is 2.31. The number of azo groups is 4. The summed E-state index contributed by atoms with van der Waals surface area (Å²) in [5.74, 6) is -3.24. The summed E-state index contributed by atoms with van der Waals surface area (Å²) in [7, 11) is -35.0. The molecule has 0 aromatic heterocycles. The Balaban J connectivity index is 1.04. The van der Waals surface area contributed by atoms with E-state index < -0.39 is 180 Å². The average molecular weight is 1370 g/mol. The van der Waals surface area contributed by atoms with Crippen LogP contribution in [0.15, 0.2) is 192 Å². The molecule has 43 heteroatoms. The predicted molar refractivity (Wildman–Crippen MR) is 309 cm³/mol. The minimum atomic E-state index is -5.45. The Morgan fingerprint density at radius 3 is 1.34 bits per heavy atom. The molecule has 0 unspecified atom stereocenters. The highest BCUT2D eigenvalue weighted by molar-refractivity contribution is 7.92. The van der Waals surface area contributed by atoms with Crippen LogP contribution in [0.5, 0.6) is 11.5 Å². The second-order valence-electron chi connectivity index (χ2n) is 17.8. The molecule has 0 aliphatic carbocycles. The number of rotatable bonds is 21. The second-order valence-corrected chi connectivity index (χ2v) is 28.2. The standard InChI is InChI=1S/C46H36N12O24S7/c47-40-33(53-49-26-7-13-30(14-8-26)83(63,64)18-17-82-89(79,80)81)22-34(85(67,68)69)32-21-37(88(76,77)78)44(46(60)39(32)40)56-51-24-1-3-28(4-2-24)57-84(65,66)31-15-9-27(10-16-31)50-54-42-35(86(70,71)72)19-23-20-36(87(73,74)75)43(45(59)38(23)41(42)48)55-52-25-5-11-29(12-6-25)58(61)62/h1-16,19-22,57,59-60H,17-18,47-48H2,(H,67,68,69)(H,70,71,72)(H,73,74,75)(H,76,77,78)(H,79,80,81)/b53-49+,54-50+,55-52+,56-51+. The monoisotopic (exact) mass is 1360 g/mol. The lowest BCUT2D eigenvalue weighted by Gasteiger charge is -2.14. The maximum atomic E-state index is 13.5. The average Bonchev–Trinajstić information content (AvgIpc) is 1.27. The molecule has 8 rings (SSSR count). The largest absolute Gasteiger partial charge is 0.505 e. The van der Waals surface area contributed by atoms with Gasteiger partial charge in [-0.2, -0.15) is 62.5 Å². The number of phenols is 2. The Morgan fingerprint density at radius 1 is 0.472 bits per heavy atom. The molecule has 0 atom stereocenters. The van der Waals surface area contributed by atoms with Crippen molar-refractivity contribution >= 4 is 161 Å². The molecule has 0 aliphatic heterocycles. The zero-order valence-corrected chi connectivity index (χ0v) is 49.3. The van der Waals surface area contributed by atoms with E-state index in [2.05, 4.69) is 49.8 Å². The van der Waals surface area contributed by atoms with Gasteiger partial charge >= 0.3 is 10.4 Å². The van der Waals surface area contributed by atoms with Crippen LogP contribution in [0.25, 0.3) is 21.5 Å². The number of fused-ring (bicyclic) bond motifs is 2. The van der Waals surface area contributed by atoms with E-state index in [0.29, 0.717) is 24.3 Å². The summed E-state index contributed by atoms with van der Waals surface area (Å²) in [6.45, 7) is -0.928. The molecular formula is C46H36N12O24S7. The van der Waals surface area contributed by atoms with Gasteiger partial charge in [-0.15, -0.1) is 20.5 Å². The van der Waals surface area contributed by atoms with E-state index in [4.69, 9.17) is 16.0 Å². The van der Waals surface area contributed by atoms with Gasteiger partial charge in [-0.25, -0.2) is 21.0 Å². The number of nitro groups is 1. The first-order valence-electron chi connectivity index (χ1n) is 23.5. The van der Waals surface area contributed by atoms with Crippen LogP contribution >= 0.6 is 0 Å². The third-order valence-corrected chi connectivity index (χ3v) is 19.0. The van der Waals surface area contributed by atoms with E-state index in [1.807, 2.05) is 0 Å². The van der Waals surface area contributed by atoms with Crippen molar-refractivity contribution in [1.29, 1.82) is 0 Å². The van der Waals surface area contributed by atoms with Crippen molar-refractivity contribution in [2.24, 2.45) is 40.9 Å². The van der Waals surface area contributed by atoms with Crippen molar-refractivity contribution in [1.82, 2.24) is 0 Å². The van der Waals surface area contributed by atoms with Gasteiger partial charge in [0.05, 0.1) is 72.0 Å². The molecule has 0 amide bonds. The fraction of sp³-hybridized carbons (Fsp3) is 0.0435. The summed E-state index contributed by atoms with van der Waals surface area (Å²) >= 11 is 0. The molecule has 0 saturated heterocycles. The van der Waals surface area contributed by atoms with Crippen LogP contribution in [0.3, 0.4) is 0 Å². The summed E-state index contributed by atoms with van der Waals surface area (Å²) < 4.78 is 230. The molecule has 12 N–H and O–H groups in total. The smallest absolute Gasteiger partial charge is 0.397 e. The van der Waals surface area contributed by atoms with Crippen molar-refractivity contribution in [3.63, 3.8) is 0 Å². The number of nitrogens with one attached hydrogen (secondary N) is 1. The van der Waals surface area contributed by atoms with E-state index in [0.717, 1.165) is 97.1 Å². The van der Waals surface area contributed by atoms with Gasteiger partial charge in [0.2, 0.25) is 0 Å². The Labute approximate surface area is 500 Å². The molecule has 0 heterocycles.